The fourth-order valence-corrected chi connectivity index (χ4v) is 2.30. The molecule has 0 spiro atoms. The number of hydrogen-bond donors (Lipinski definition) is 0. The van der Waals surface area contributed by atoms with Gasteiger partial charge < -0.3 is 14.4 Å². The van der Waals surface area contributed by atoms with Crippen LogP contribution in [0.2, 0.25) is 0 Å². The SMILES string of the molecule is CCOC(=O)c1cnn(-c2ccnc(N3CCOCC3)c2)c1. The maximum Gasteiger partial charge on any atom is 0.341 e. The van der Waals surface area contributed by atoms with Gasteiger partial charge in [-0.1, -0.05) is 0 Å². The van der Waals surface area contributed by atoms with E-state index in [1.54, 1.807) is 24.0 Å². The lowest BCUT2D eigenvalue weighted by molar-refractivity contribution is 0.0526. The van der Waals surface area contributed by atoms with E-state index in [0.717, 1.165) is 24.6 Å². The third-order valence-corrected chi connectivity index (χ3v) is 3.42. The highest BCUT2D eigenvalue weighted by molar-refractivity contribution is 5.88. The van der Waals surface area contributed by atoms with Crippen LogP contribution in [0, 0.1) is 0 Å². The average Bonchev–Trinajstić information content (AvgIpc) is 3.06. The summed E-state index contributed by atoms with van der Waals surface area (Å²) in [4.78, 5) is 18.3. The van der Waals surface area contributed by atoms with Crippen molar-refractivity contribution in [2.45, 2.75) is 6.92 Å². The lowest BCUT2D eigenvalue weighted by atomic mass is 10.3. The Morgan fingerprint density at radius 3 is 3.00 bits per heavy atom. The van der Waals surface area contributed by atoms with Crippen molar-refractivity contribution < 1.29 is 14.3 Å². The lowest BCUT2D eigenvalue weighted by Gasteiger charge is -2.27. The molecule has 7 nitrogen and oxygen atoms in total. The van der Waals surface area contributed by atoms with Crippen molar-refractivity contribution >= 4 is 11.8 Å². The molecule has 3 rings (SSSR count). The second kappa shape index (κ2) is 6.57. The number of anilines is 1. The zero-order valence-electron chi connectivity index (χ0n) is 12.4. The number of morpholine rings is 1. The summed E-state index contributed by atoms with van der Waals surface area (Å²) >= 11 is 0. The van der Waals surface area contributed by atoms with Crippen molar-refractivity contribution in [1.29, 1.82) is 0 Å². The van der Waals surface area contributed by atoms with Gasteiger partial charge in [-0.05, 0) is 13.0 Å². The minimum Gasteiger partial charge on any atom is -0.462 e. The van der Waals surface area contributed by atoms with Crippen LogP contribution in [0.1, 0.15) is 17.3 Å². The quantitative estimate of drug-likeness (QED) is 0.793. The Hall–Kier alpha value is -2.41. The molecule has 1 aliphatic rings. The highest BCUT2D eigenvalue weighted by Crippen LogP contribution is 2.17. The highest BCUT2D eigenvalue weighted by atomic mass is 16.5. The first-order valence-corrected chi connectivity index (χ1v) is 7.29. The predicted molar refractivity (Wildman–Crippen MR) is 80.3 cm³/mol. The number of hydrogen-bond acceptors (Lipinski definition) is 6. The lowest BCUT2D eigenvalue weighted by Crippen LogP contribution is -2.36. The van der Waals surface area contributed by atoms with Crippen LogP contribution in [-0.2, 0) is 9.47 Å². The van der Waals surface area contributed by atoms with Gasteiger partial charge in [0, 0.05) is 31.5 Å². The summed E-state index contributed by atoms with van der Waals surface area (Å²) in [5, 5.41) is 4.22. The number of carbonyl (C=O) groups is 1. The van der Waals surface area contributed by atoms with E-state index in [2.05, 4.69) is 15.0 Å². The zero-order chi connectivity index (χ0) is 15.4. The molecule has 0 bridgehead atoms. The van der Waals surface area contributed by atoms with Gasteiger partial charge in [-0.3, -0.25) is 0 Å². The Balaban J connectivity index is 1.81. The van der Waals surface area contributed by atoms with E-state index in [4.69, 9.17) is 9.47 Å². The van der Waals surface area contributed by atoms with Crippen LogP contribution in [-0.4, -0.2) is 53.6 Å². The molecule has 0 unspecified atom stereocenters. The van der Waals surface area contributed by atoms with Gasteiger partial charge in [0.25, 0.3) is 0 Å². The molecule has 0 atom stereocenters. The number of nitrogens with zero attached hydrogens (tertiary/aromatic N) is 4. The maximum absolute atomic E-state index is 11.7. The summed E-state index contributed by atoms with van der Waals surface area (Å²) in [5.74, 6) is 0.519. The summed E-state index contributed by atoms with van der Waals surface area (Å²) in [7, 11) is 0. The molecule has 116 valence electrons. The van der Waals surface area contributed by atoms with E-state index in [0.29, 0.717) is 25.4 Å². The van der Waals surface area contributed by atoms with Crippen LogP contribution < -0.4 is 4.90 Å². The molecule has 0 N–H and O–H groups in total. The van der Waals surface area contributed by atoms with Crippen LogP contribution in [0.5, 0.6) is 0 Å². The molecule has 22 heavy (non-hydrogen) atoms. The molecular weight excluding hydrogens is 284 g/mol. The van der Waals surface area contributed by atoms with Crippen LogP contribution in [0.25, 0.3) is 5.69 Å². The first-order chi connectivity index (χ1) is 10.8. The van der Waals surface area contributed by atoms with Gasteiger partial charge in [-0.15, -0.1) is 0 Å². The molecule has 2 aromatic heterocycles. The van der Waals surface area contributed by atoms with Crippen LogP contribution in [0.15, 0.2) is 30.7 Å². The van der Waals surface area contributed by atoms with Gasteiger partial charge in [0.15, 0.2) is 0 Å². The van der Waals surface area contributed by atoms with Gasteiger partial charge in [0.1, 0.15) is 5.82 Å². The Bertz CT molecular complexity index is 650. The number of rotatable bonds is 4. The fourth-order valence-electron chi connectivity index (χ4n) is 2.30. The Morgan fingerprint density at radius 1 is 1.41 bits per heavy atom. The summed E-state index contributed by atoms with van der Waals surface area (Å²) in [6, 6.07) is 3.80. The van der Waals surface area contributed by atoms with E-state index in [1.165, 1.54) is 6.20 Å². The van der Waals surface area contributed by atoms with Gasteiger partial charge in [-0.25, -0.2) is 14.5 Å². The van der Waals surface area contributed by atoms with Gasteiger partial charge in [0.05, 0.1) is 37.3 Å². The van der Waals surface area contributed by atoms with Crippen molar-refractivity contribution in [3.63, 3.8) is 0 Å². The molecule has 2 aromatic rings. The third kappa shape index (κ3) is 3.09. The van der Waals surface area contributed by atoms with Crippen LogP contribution in [0.4, 0.5) is 5.82 Å². The summed E-state index contributed by atoms with van der Waals surface area (Å²) in [6.07, 6.45) is 4.91. The topological polar surface area (TPSA) is 69.5 Å². The van der Waals surface area contributed by atoms with Crippen molar-refractivity contribution in [1.82, 2.24) is 14.8 Å². The van der Waals surface area contributed by atoms with Gasteiger partial charge >= 0.3 is 5.97 Å². The van der Waals surface area contributed by atoms with Gasteiger partial charge in [0.2, 0.25) is 0 Å². The second-order valence-electron chi connectivity index (χ2n) is 4.87. The number of ether oxygens (including phenoxy) is 2. The van der Waals surface area contributed by atoms with E-state index in [-0.39, 0.29) is 5.97 Å². The molecule has 0 aliphatic carbocycles. The summed E-state index contributed by atoms with van der Waals surface area (Å²) in [5.41, 5.74) is 1.29. The number of carbonyl (C=O) groups excluding carboxylic acids is 1. The third-order valence-electron chi connectivity index (χ3n) is 3.42. The molecule has 3 heterocycles. The first-order valence-electron chi connectivity index (χ1n) is 7.29. The standard InChI is InChI=1S/C15H18N4O3/c1-2-22-15(20)12-10-17-19(11-12)13-3-4-16-14(9-13)18-5-7-21-8-6-18/h3-4,9-11H,2,5-8H2,1H3. The molecule has 0 radical (unpaired) electrons. The average molecular weight is 302 g/mol. The molecule has 0 saturated carbocycles. The van der Waals surface area contributed by atoms with Crippen LogP contribution >= 0.6 is 0 Å². The van der Waals surface area contributed by atoms with E-state index in [1.807, 2.05) is 12.1 Å². The molecule has 0 amide bonds. The molecule has 1 aliphatic heterocycles. The van der Waals surface area contributed by atoms with Crippen molar-refractivity contribution in [2.75, 3.05) is 37.8 Å². The van der Waals surface area contributed by atoms with Crippen molar-refractivity contribution in [2.24, 2.45) is 0 Å². The second-order valence-corrected chi connectivity index (χ2v) is 4.87. The Kier molecular flexibility index (Phi) is 4.34. The molecule has 1 fully saturated rings. The zero-order valence-corrected chi connectivity index (χ0v) is 12.4. The molecular formula is C15H18N4O3. The fraction of sp³-hybridized carbons (Fsp3) is 0.400. The van der Waals surface area contributed by atoms with Crippen LogP contribution in [0.3, 0.4) is 0 Å². The Morgan fingerprint density at radius 2 is 2.23 bits per heavy atom. The first kappa shape index (κ1) is 14.5. The van der Waals surface area contributed by atoms with E-state index >= 15 is 0 Å². The van der Waals surface area contributed by atoms with E-state index < -0.39 is 0 Å². The number of aromatic nitrogens is 3. The molecule has 1 saturated heterocycles. The van der Waals surface area contributed by atoms with Crippen molar-refractivity contribution in [3.05, 3.63) is 36.3 Å². The van der Waals surface area contributed by atoms with E-state index in [9.17, 15) is 4.79 Å². The van der Waals surface area contributed by atoms with Crippen molar-refractivity contribution in [3.8, 4) is 5.69 Å². The molecule has 0 aromatic carbocycles. The smallest absolute Gasteiger partial charge is 0.341 e. The number of pyridine rings is 1. The highest BCUT2D eigenvalue weighted by Gasteiger charge is 2.14. The summed E-state index contributed by atoms with van der Waals surface area (Å²) in [6.45, 7) is 5.19. The largest absolute Gasteiger partial charge is 0.462 e. The minimum atomic E-state index is -0.365. The van der Waals surface area contributed by atoms with Gasteiger partial charge in [-0.2, -0.15) is 5.10 Å². The molecule has 7 heteroatoms. The maximum atomic E-state index is 11.7. The normalized spacial score (nSPS) is 14.9. The predicted octanol–water partition coefficient (Wildman–Crippen LogP) is 1.28. The Labute approximate surface area is 128 Å². The minimum absolute atomic E-state index is 0.348. The summed E-state index contributed by atoms with van der Waals surface area (Å²) < 4.78 is 12.0. The number of esters is 1. The monoisotopic (exact) mass is 302 g/mol.